The Balaban J connectivity index is 3.05. The Kier molecular flexibility index (Phi) is 10.3. The van der Waals surface area contributed by atoms with Gasteiger partial charge in [-0.05, 0) is 18.8 Å². The smallest absolute Gasteiger partial charge is 0.0700 e. The van der Waals surface area contributed by atoms with Crippen LogP contribution in [0, 0.1) is 5.92 Å². The Labute approximate surface area is 94.3 Å². The van der Waals surface area contributed by atoms with Crippen LogP contribution in [-0.4, -0.2) is 33.0 Å². The minimum Gasteiger partial charge on any atom is -0.382 e. The van der Waals surface area contributed by atoms with Gasteiger partial charge in [-0.2, -0.15) is 0 Å². The lowest BCUT2D eigenvalue weighted by molar-refractivity contribution is 0.0685. The molecule has 0 aromatic carbocycles. The Morgan fingerprint density at radius 1 is 1.00 bits per heavy atom. The summed E-state index contributed by atoms with van der Waals surface area (Å²) in [5.74, 6) is 0.600. The maximum Gasteiger partial charge on any atom is 0.0700 e. The van der Waals surface area contributed by atoms with Gasteiger partial charge < -0.3 is 15.2 Å². The summed E-state index contributed by atoms with van der Waals surface area (Å²) in [6.45, 7) is 6.61. The topological polar surface area (TPSA) is 44.5 Å². The van der Waals surface area contributed by atoms with Crippen molar-refractivity contribution >= 4 is 0 Å². The number of rotatable bonds is 10. The van der Waals surface area contributed by atoms with E-state index in [0.717, 1.165) is 19.4 Å². The molecule has 0 aliphatic heterocycles. The largest absolute Gasteiger partial charge is 0.382 e. The van der Waals surface area contributed by atoms with Crippen LogP contribution in [0.1, 0.15) is 39.5 Å². The zero-order valence-electron chi connectivity index (χ0n) is 10.5. The van der Waals surface area contributed by atoms with Crippen molar-refractivity contribution in [3.63, 3.8) is 0 Å². The highest BCUT2D eigenvalue weighted by Crippen LogP contribution is 2.08. The average Bonchev–Trinajstić information content (AvgIpc) is 2.21. The van der Waals surface area contributed by atoms with Crippen molar-refractivity contribution < 1.29 is 9.47 Å². The maximum atomic E-state index is 5.95. The van der Waals surface area contributed by atoms with Gasteiger partial charge in [-0.1, -0.05) is 26.7 Å². The van der Waals surface area contributed by atoms with E-state index < -0.39 is 0 Å². The van der Waals surface area contributed by atoms with Crippen molar-refractivity contribution in [2.24, 2.45) is 11.7 Å². The SMILES string of the molecule is COCCOCCCCCC(N)C(C)C. The van der Waals surface area contributed by atoms with Gasteiger partial charge in [0.2, 0.25) is 0 Å². The van der Waals surface area contributed by atoms with E-state index in [4.69, 9.17) is 15.2 Å². The third kappa shape index (κ3) is 10.2. The molecule has 0 aromatic heterocycles. The molecule has 0 fully saturated rings. The molecular formula is C12H27NO2. The molecule has 0 amide bonds. The molecule has 0 saturated heterocycles. The summed E-state index contributed by atoms with van der Waals surface area (Å²) in [6, 6.07) is 0.361. The Hall–Kier alpha value is -0.120. The third-order valence-electron chi connectivity index (χ3n) is 2.61. The fourth-order valence-electron chi connectivity index (χ4n) is 1.34. The Morgan fingerprint density at radius 3 is 2.33 bits per heavy atom. The molecule has 1 unspecified atom stereocenters. The molecule has 15 heavy (non-hydrogen) atoms. The van der Waals surface area contributed by atoms with Crippen LogP contribution in [0.15, 0.2) is 0 Å². The molecule has 0 bridgehead atoms. The van der Waals surface area contributed by atoms with E-state index in [-0.39, 0.29) is 0 Å². The lowest BCUT2D eigenvalue weighted by Crippen LogP contribution is -2.25. The van der Waals surface area contributed by atoms with Crippen molar-refractivity contribution in [2.45, 2.75) is 45.6 Å². The molecule has 0 aliphatic carbocycles. The first kappa shape index (κ1) is 14.9. The first-order valence-corrected chi connectivity index (χ1v) is 6.00. The highest BCUT2D eigenvalue weighted by Gasteiger charge is 2.05. The normalized spacial score (nSPS) is 13.4. The summed E-state index contributed by atoms with van der Waals surface area (Å²) in [7, 11) is 1.69. The number of nitrogens with two attached hydrogens (primary N) is 1. The first-order chi connectivity index (χ1) is 7.18. The van der Waals surface area contributed by atoms with E-state index in [1.54, 1.807) is 7.11 Å². The van der Waals surface area contributed by atoms with Gasteiger partial charge in [0.1, 0.15) is 0 Å². The fraction of sp³-hybridized carbons (Fsp3) is 1.00. The first-order valence-electron chi connectivity index (χ1n) is 6.00. The Bertz CT molecular complexity index is 129. The molecule has 0 aromatic rings. The van der Waals surface area contributed by atoms with Crippen molar-refractivity contribution in [2.75, 3.05) is 26.9 Å². The van der Waals surface area contributed by atoms with Crippen LogP contribution in [0.3, 0.4) is 0 Å². The van der Waals surface area contributed by atoms with Crippen LogP contribution >= 0.6 is 0 Å². The van der Waals surface area contributed by atoms with Crippen LogP contribution in [0.4, 0.5) is 0 Å². The molecule has 0 aliphatic rings. The predicted octanol–water partition coefficient (Wildman–Crippen LogP) is 2.19. The molecule has 92 valence electrons. The van der Waals surface area contributed by atoms with Crippen LogP contribution in [0.2, 0.25) is 0 Å². The summed E-state index contributed by atoms with van der Waals surface area (Å²) < 4.78 is 10.3. The lowest BCUT2D eigenvalue weighted by Gasteiger charge is -2.14. The number of unbranched alkanes of at least 4 members (excludes halogenated alkanes) is 2. The van der Waals surface area contributed by atoms with Gasteiger partial charge in [-0.25, -0.2) is 0 Å². The van der Waals surface area contributed by atoms with Crippen molar-refractivity contribution in [1.29, 1.82) is 0 Å². The van der Waals surface area contributed by atoms with Gasteiger partial charge in [-0.15, -0.1) is 0 Å². The highest BCUT2D eigenvalue weighted by molar-refractivity contribution is 4.64. The molecule has 0 heterocycles. The van der Waals surface area contributed by atoms with Crippen LogP contribution in [0.25, 0.3) is 0 Å². The molecule has 0 spiro atoms. The molecule has 3 nitrogen and oxygen atoms in total. The standard InChI is InChI=1S/C12H27NO2/c1-11(2)12(13)7-5-4-6-8-15-10-9-14-3/h11-12H,4-10,13H2,1-3H3. The zero-order valence-corrected chi connectivity index (χ0v) is 10.5. The van der Waals surface area contributed by atoms with E-state index >= 15 is 0 Å². The van der Waals surface area contributed by atoms with E-state index in [1.807, 2.05) is 0 Å². The lowest BCUT2D eigenvalue weighted by atomic mass is 9.99. The monoisotopic (exact) mass is 217 g/mol. The summed E-state index contributed by atoms with van der Waals surface area (Å²) in [6.07, 6.45) is 4.70. The molecule has 0 rings (SSSR count). The molecule has 2 N–H and O–H groups in total. The van der Waals surface area contributed by atoms with Gasteiger partial charge in [0.05, 0.1) is 13.2 Å². The van der Waals surface area contributed by atoms with Crippen LogP contribution in [0.5, 0.6) is 0 Å². The third-order valence-corrected chi connectivity index (χ3v) is 2.61. The van der Waals surface area contributed by atoms with Crippen molar-refractivity contribution in [1.82, 2.24) is 0 Å². The molecule has 3 heteroatoms. The van der Waals surface area contributed by atoms with E-state index in [1.165, 1.54) is 12.8 Å². The minimum absolute atomic E-state index is 0.361. The number of ether oxygens (including phenoxy) is 2. The average molecular weight is 217 g/mol. The molecule has 0 saturated carbocycles. The summed E-state index contributed by atoms with van der Waals surface area (Å²) in [5, 5.41) is 0. The van der Waals surface area contributed by atoms with Crippen molar-refractivity contribution in [3.05, 3.63) is 0 Å². The van der Waals surface area contributed by atoms with E-state index in [0.29, 0.717) is 25.2 Å². The number of hydrogen-bond donors (Lipinski definition) is 1. The summed E-state index contributed by atoms with van der Waals surface area (Å²) >= 11 is 0. The molecular weight excluding hydrogens is 190 g/mol. The van der Waals surface area contributed by atoms with E-state index in [2.05, 4.69) is 13.8 Å². The van der Waals surface area contributed by atoms with Gasteiger partial charge in [0.15, 0.2) is 0 Å². The minimum atomic E-state index is 0.361. The summed E-state index contributed by atoms with van der Waals surface area (Å²) in [5.41, 5.74) is 5.95. The predicted molar refractivity (Wildman–Crippen MR) is 64.0 cm³/mol. The van der Waals surface area contributed by atoms with Gasteiger partial charge >= 0.3 is 0 Å². The van der Waals surface area contributed by atoms with Gasteiger partial charge in [0.25, 0.3) is 0 Å². The molecule has 0 radical (unpaired) electrons. The second-order valence-electron chi connectivity index (χ2n) is 4.36. The fourth-order valence-corrected chi connectivity index (χ4v) is 1.34. The summed E-state index contributed by atoms with van der Waals surface area (Å²) in [4.78, 5) is 0. The number of hydrogen-bond acceptors (Lipinski definition) is 3. The van der Waals surface area contributed by atoms with Crippen LogP contribution in [-0.2, 0) is 9.47 Å². The second kappa shape index (κ2) is 10.4. The van der Waals surface area contributed by atoms with Gasteiger partial charge in [-0.3, -0.25) is 0 Å². The second-order valence-corrected chi connectivity index (χ2v) is 4.36. The number of methoxy groups -OCH3 is 1. The van der Waals surface area contributed by atoms with Crippen LogP contribution < -0.4 is 5.73 Å². The van der Waals surface area contributed by atoms with Crippen molar-refractivity contribution in [3.8, 4) is 0 Å². The van der Waals surface area contributed by atoms with Gasteiger partial charge in [0, 0.05) is 19.8 Å². The maximum absolute atomic E-state index is 5.95. The zero-order chi connectivity index (χ0) is 11.5. The molecule has 1 atom stereocenters. The Morgan fingerprint density at radius 2 is 1.73 bits per heavy atom. The van der Waals surface area contributed by atoms with E-state index in [9.17, 15) is 0 Å². The highest BCUT2D eigenvalue weighted by atomic mass is 16.5. The quantitative estimate of drug-likeness (QED) is 0.570.